The Morgan fingerprint density at radius 3 is 2.50 bits per heavy atom. The molecule has 0 aliphatic rings. The summed E-state index contributed by atoms with van der Waals surface area (Å²) in [6.07, 6.45) is 6.41. The molecule has 0 aliphatic heterocycles. The van der Waals surface area contributed by atoms with Crippen molar-refractivity contribution in [1.29, 1.82) is 0 Å². The van der Waals surface area contributed by atoms with Crippen LogP contribution in [0.1, 0.15) is 38.2 Å². The lowest BCUT2D eigenvalue weighted by Gasteiger charge is -2.17. The van der Waals surface area contributed by atoms with Gasteiger partial charge >= 0.3 is 0 Å². The molecule has 1 unspecified atom stereocenters. The molecule has 0 spiro atoms. The molecule has 136 valence electrons. The molecule has 1 aromatic rings. The molecule has 1 rings (SSSR count). The molecule has 0 radical (unpaired) electrons. The Balaban J connectivity index is 2.13. The number of nitrogens with one attached hydrogen (secondary N) is 2. The summed E-state index contributed by atoms with van der Waals surface area (Å²) in [5, 5.41) is 6.52. The number of sulfone groups is 1. The fourth-order valence-corrected chi connectivity index (χ4v) is 3.16. The van der Waals surface area contributed by atoms with Crippen LogP contribution in [0.3, 0.4) is 0 Å². The molecular formula is C18H31N3O2S. The van der Waals surface area contributed by atoms with Crippen LogP contribution in [0.5, 0.6) is 0 Å². The third-order valence-electron chi connectivity index (χ3n) is 3.81. The average Bonchev–Trinajstić information content (AvgIpc) is 2.55. The van der Waals surface area contributed by atoms with Crippen molar-refractivity contribution < 1.29 is 8.42 Å². The van der Waals surface area contributed by atoms with E-state index < -0.39 is 9.84 Å². The molecule has 0 heterocycles. The van der Waals surface area contributed by atoms with E-state index >= 15 is 0 Å². The van der Waals surface area contributed by atoms with Gasteiger partial charge < -0.3 is 10.6 Å². The van der Waals surface area contributed by atoms with Gasteiger partial charge in [-0.15, -0.1) is 0 Å². The monoisotopic (exact) mass is 353 g/mol. The van der Waals surface area contributed by atoms with E-state index in [2.05, 4.69) is 39.9 Å². The minimum Gasteiger partial charge on any atom is -0.356 e. The molecule has 5 nitrogen and oxygen atoms in total. The summed E-state index contributed by atoms with van der Waals surface area (Å²) in [6, 6.07) is 10.6. The molecule has 24 heavy (non-hydrogen) atoms. The SMILES string of the molecule is CN=C(NCCCCCc1ccccc1)NC(C)CCS(C)(=O)=O. The molecule has 0 fully saturated rings. The van der Waals surface area contributed by atoms with E-state index in [0.717, 1.165) is 25.3 Å². The predicted octanol–water partition coefficient (Wildman–Crippen LogP) is 2.39. The third-order valence-corrected chi connectivity index (χ3v) is 4.78. The van der Waals surface area contributed by atoms with Gasteiger partial charge in [0.05, 0.1) is 5.75 Å². The molecule has 2 N–H and O–H groups in total. The molecule has 0 aliphatic carbocycles. The van der Waals surface area contributed by atoms with Gasteiger partial charge in [-0.1, -0.05) is 36.8 Å². The maximum absolute atomic E-state index is 11.2. The summed E-state index contributed by atoms with van der Waals surface area (Å²) < 4.78 is 22.4. The summed E-state index contributed by atoms with van der Waals surface area (Å²) in [5.74, 6) is 0.927. The highest BCUT2D eigenvalue weighted by atomic mass is 32.2. The zero-order valence-corrected chi connectivity index (χ0v) is 15.9. The second-order valence-electron chi connectivity index (χ2n) is 6.26. The van der Waals surface area contributed by atoms with Gasteiger partial charge in [0.25, 0.3) is 0 Å². The quantitative estimate of drug-likeness (QED) is 0.385. The summed E-state index contributed by atoms with van der Waals surface area (Å²) in [6.45, 7) is 2.84. The lowest BCUT2D eigenvalue weighted by atomic mass is 10.1. The Morgan fingerprint density at radius 2 is 1.88 bits per heavy atom. The van der Waals surface area contributed by atoms with Crippen molar-refractivity contribution >= 4 is 15.8 Å². The Hall–Kier alpha value is -1.56. The summed E-state index contributed by atoms with van der Waals surface area (Å²) in [7, 11) is -1.18. The Kier molecular flexibility index (Phi) is 9.45. The van der Waals surface area contributed by atoms with Gasteiger partial charge in [0.1, 0.15) is 9.84 Å². The van der Waals surface area contributed by atoms with Crippen LogP contribution in [0.2, 0.25) is 0 Å². The van der Waals surface area contributed by atoms with Crippen LogP contribution in [0.4, 0.5) is 0 Å². The second-order valence-corrected chi connectivity index (χ2v) is 8.52. The number of aliphatic imine (C=N–C) groups is 1. The Labute approximate surface area is 146 Å². The van der Waals surface area contributed by atoms with Crippen LogP contribution >= 0.6 is 0 Å². The first-order chi connectivity index (χ1) is 11.4. The van der Waals surface area contributed by atoms with Gasteiger partial charge in [-0.05, 0) is 38.2 Å². The first-order valence-corrected chi connectivity index (χ1v) is 10.7. The lowest BCUT2D eigenvalue weighted by Crippen LogP contribution is -2.43. The van der Waals surface area contributed by atoms with Crippen LogP contribution in [-0.4, -0.2) is 46.0 Å². The standard InChI is InChI=1S/C18H31N3O2S/c1-16(13-15-24(3,22)23)21-18(19-2)20-14-9-5-8-12-17-10-6-4-7-11-17/h4,6-7,10-11,16H,5,8-9,12-15H2,1-3H3,(H2,19,20,21). The number of benzene rings is 1. The normalized spacial score (nSPS) is 13.5. The van der Waals surface area contributed by atoms with E-state index in [1.807, 2.05) is 13.0 Å². The fourth-order valence-electron chi connectivity index (χ4n) is 2.37. The van der Waals surface area contributed by atoms with Crippen molar-refractivity contribution in [3.05, 3.63) is 35.9 Å². The van der Waals surface area contributed by atoms with Crippen LogP contribution in [0.15, 0.2) is 35.3 Å². The Morgan fingerprint density at radius 1 is 1.17 bits per heavy atom. The molecule has 6 heteroatoms. The van der Waals surface area contributed by atoms with Crippen LogP contribution in [0, 0.1) is 0 Å². The maximum atomic E-state index is 11.2. The van der Waals surface area contributed by atoms with Crippen molar-refractivity contribution in [2.75, 3.05) is 25.6 Å². The highest BCUT2D eigenvalue weighted by Gasteiger charge is 2.09. The maximum Gasteiger partial charge on any atom is 0.191 e. The zero-order chi connectivity index (χ0) is 17.8. The highest BCUT2D eigenvalue weighted by Crippen LogP contribution is 2.05. The van der Waals surface area contributed by atoms with Gasteiger partial charge in [-0.2, -0.15) is 0 Å². The minimum atomic E-state index is -2.91. The largest absolute Gasteiger partial charge is 0.356 e. The molecule has 0 bridgehead atoms. The minimum absolute atomic E-state index is 0.0732. The molecule has 1 aromatic carbocycles. The summed E-state index contributed by atoms with van der Waals surface area (Å²) >= 11 is 0. The number of hydrogen-bond donors (Lipinski definition) is 2. The van der Waals surface area contributed by atoms with Gasteiger partial charge in [0.15, 0.2) is 5.96 Å². The van der Waals surface area contributed by atoms with E-state index in [1.54, 1.807) is 7.05 Å². The molecular weight excluding hydrogens is 322 g/mol. The van der Waals surface area contributed by atoms with Crippen LogP contribution in [-0.2, 0) is 16.3 Å². The van der Waals surface area contributed by atoms with Crippen molar-refractivity contribution in [3.8, 4) is 0 Å². The van der Waals surface area contributed by atoms with Crippen molar-refractivity contribution in [2.45, 2.75) is 45.1 Å². The van der Waals surface area contributed by atoms with Gasteiger partial charge in [0, 0.05) is 25.9 Å². The molecule has 0 saturated carbocycles. The first-order valence-electron chi connectivity index (χ1n) is 8.59. The highest BCUT2D eigenvalue weighted by molar-refractivity contribution is 7.90. The summed E-state index contributed by atoms with van der Waals surface area (Å²) in [5.41, 5.74) is 1.39. The van der Waals surface area contributed by atoms with E-state index in [4.69, 9.17) is 0 Å². The van der Waals surface area contributed by atoms with Crippen molar-refractivity contribution in [1.82, 2.24) is 10.6 Å². The van der Waals surface area contributed by atoms with E-state index in [0.29, 0.717) is 6.42 Å². The summed E-state index contributed by atoms with van der Waals surface area (Å²) in [4.78, 5) is 4.18. The average molecular weight is 354 g/mol. The number of hydrogen-bond acceptors (Lipinski definition) is 3. The van der Waals surface area contributed by atoms with Gasteiger partial charge in [-0.25, -0.2) is 8.42 Å². The van der Waals surface area contributed by atoms with Gasteiger partial charge in [-0.3, -0.25) is 4.99 Å². The Bertz CT molecular complexity index is 586. The molecule has 1 atom stereocenters. The van der Waals surface area contributed by atoms with E-state index in [-0.39, 0.29) is 11.8 Å². The molecule has 0 amide bonds. The smallest absolute Gasteiger partial charge is 0.191 e. The number of nitrogens with zero attached hydrogens (tertiary/aromatic N) is 1. The molecule has 0 saturated heterocycles. The predicted molar refractivity (Wildman–Crippen MR) is 102 cm³/mol. The zero-order valence-electron chi connectivity index (χ0n) is 15.1. The lowest BCUT2D eigenvalue weighted by molar-refractivity contribution is 0.579. The van der Waals surface area contributed by atoms with Crippen LogP contribution in [0.25, 0.3) is 0 Å². The number of guanidine groups is 1. The van der Waals surface area contributed by atoms with Gasteiger partial charge in [0.2, 0.25) is 0 Å². The second kappa shape index (κ2) is 11.1. The third kappa shape index (κ3) is 10.3. The van der Waals surface area contributed by atoms with E-state index in [1.165, 1.54) is 24.7 Å². The fraction of sp³-hybridized carbons (Fsp3) is 0.611. The number of aryl methyl sites for hydroxylation is 1. The van der Waals surface area contributed by atoms with Crippen LogP contribution < -0.4 is 10.6 Å². The number of unbranched alkanes of at least 4 members (excludes halogenated alkanes) is 2. The topological polar surface area (TPSA) is 70.6 Å². The van der Waals surface area contributed by atoms with Crippen molar-refractivity contribution in [2.24, 2.45) is 4.99 Å². The van der Waals surface area contributed by atoms with Crippen molar-refractivity contribution in [3.63, 3.8) is 0 Å². The first kappa shape index (κ1) is 20.5. The number of rotatable bonds is 10. The van der Waals surface area contributed by atoms with E-state index in [9.17, 15) is 8.42 Å². The molecule has 0 aromatic heterocycles.